The number of nitrogens with two attached hydrogens (primary N) is 1. The molecule has 15 nitrogen and oxygen atoms in total. The summed E-state index contributed by atoms with van der Waals surface area (Å²) in [6.45, 7) is 4.61. The molecule has 0 aromatic rings. The molecule has 0 radical (unpaired) electrons. The van der Waals surface area contributed by atoms with Gasteiger partial charge in [-0.05, 0) is 68.9 Å². The van der Waals surface area contributed by atoms with Gasteiger partial charge in [-0.2, -0.15) is 0 Å². The van der Waals surface area contributed by atoms with Gasteiger partial charge in [0.15, 0.2) is 24.3 Å². The van der Waals surface area contributed by atoms with E-state index >= 15 is 0 Å². The van der Waals surface area contributed by atoms with Gasteiger partial charge in [-0.25, -0.2) is 4.79 Å². The molecule has 0 bridgehead atoms. The number of aliphatic hydroxyl groups is 1. The predicted octanol–water partition coefficient (Wildman–Crippen LogP) is 2.74. The Morgan fingerprint density at radius 3 is 2.67 bits per heavy atom. The van der Waals surface area contributed by atoms with Crippen molar-refractivity contribution in [1.82, 2.24) is 0 Å². The fourth-order valence-electron chi connectivity index (χ4n) is 9.13. The van der Waals surface area contributed by atoms with E-state index < -0.39 is 77.2 Å². The Bertz CT molecular complexity index is 1350. The van der Waals surface area contributed by atoms with Gasteiger partial charge in [0.2, 0.25) is 5.78 Å². The molecule has 5 rings (SSSR count). The number of allylic oxidation sites excluding steroid dienone is 4. The summed E-state index contributed by atoms with van der Waals surface area (Å²) in [7, 11) is 0. The first-order valence-electron chi connectivity index (χ1n) is 16.7. The van der Waals surface area contributed by atoms with E-state index in [9.17, 15) is 34.4 Å². The third-order valence-corrected chi connectivity index (χ3v) is 11.2. The number of fused-ring (bicyclic) bond motifs is 7. The van der Waals surface area contributed by atoms with Gasteiger partial charge >= 0.3 is 12.1 Å². The van der Waals surface area contributed by atoms with Crippen molar-refractivity contribution in [3.05, 3.63) is 33.9 Å². The largest absolute Gasteiger partial charge is 0.508 e. The maximum atomic E-state index is 14.2. The van der Waals surface area contributed by atoms with Crippen LogP contribution in [-0.2, 0) is 42.9 Å². The summed E-state index contributed by atoms with van der Waals surface area (Å²) in [5.41, 5.74) is 4.00. The van der Waals surface area contributed by atoms with E-state index in [4.69, 9.17) is 29.4 Å². The van der Waals surface area contributed by atoms with Crippen LogP contribution < -0.4 is 5.73 Å². The highest BCUT2D eigenvalue weighted by molar-refractivity contribution is 6.01. The second-order valence-corrected chi connectivity index (χ2v) is 14.0. The normalized spacial score (nSPS) is 36.9. The minimum atomic E-state index is -1.47. The topological polar surface area (TPSA) is 213 Å². The van der Waals surface area contributed by atoms with Crippen molar-refractivity contribution >= 4 is 23.7 Å². The van der Waals surface area contributed by atoms with Gasteiger partial charge in [0.05, 0.1) is 25.4 Å². The second kappa shape index (κ2) is 14.2. The number of unbranched alkanes of at least 4 members (excludes halogenated alkanes) is 1. The molecule has 5 aliphatic rings. The fraction of sp³-hybridized carbons (Fsp3) is 0.758. The molecule has 15 heteroatoms. The quantitative estimate of drug-likeness (QED) is 0.117. The monoisotopic (exact) mass is 678 g/mol. The van der Waals surface area contributed by atoms with Crippen molar-refractivity contribution < 1.29 is 57.9 Å². The summed E-state index contributed by atoms with van der Waals surface area (Å²) in [6.07, 6.45) is 6.15. The van der Waals surface area contributed by atoms with Crippen LogP contribution in [0.25, 0.3) is 0 Å². The van der Waals surface area contributed by atoms with Crippen molar-refractivity contribution in [2.75, 3.05) is 26.4 Å². The SMILES string of the molecule is CCCC1O[C@@H]2C[C@H]3[C@@H]4CCC5=CC(=O)C=C[C@]5(C)[C@H]4[C@@H](O)C[C@]3(C)[C@]2(C(=O)COC(=O)OCC(N)C(=O)OCCCCO[N+](=O)[O-])O1. The second-order valence-electron chi connectivity index (χ2n) is 14.0. The molecular weight excluding hydrogens is 632 g/mol. The first-order valence-corrected chi connectivity index (χ1v) is 16.7. The van der Waals surface area contributed by atoms with Gasteiger partial charge in [-0.15, -0.1) is 10.1 Å². The maximum Gasteiger partial charge on any atom is 0.508 e. The fourth-order valence-corrected chi connectivity index (χ4v) is 9.13. The summed E-state index contributed by atoms with van der Waals surface area (Å²) >= 11 is 0. The lowest BCUT2D eigenvalue weighted by molar-refractivity contribution is -0.757. The van der Waals surface area contributed by atoms with E-state index in [0.717, 1.165) is 18.4 Å². The lowest BCUT2D eigenvalue weighted by atomic mass is 9.46. The van der Waals surface area contributed by atoms with Crippen LogP contribution in [0.5, 0.6) is 0 Å². The highest BCUT2D eigenvalue weighted by Crippen LogP contribution is 2.69. The van der Waals surface area contributed by atoms with Crippen LogP contribution in [0.3, 0.4) is 0 Å². The predicted molar refractivity (Wildman–Crippen MR) is 164 cm³/mol. The number of hydrogen-bond acceptors (Lipinski definition) is 14. The molecule has 0 aromatic carbocycles. The molecule has 48 heavy (non-hydrogen) atoms. The first kappa shape index (κ1) is 35.9. The Morgan fingerprint density at radius 1 is 1.19 bits per heavy atom. The van der Waals surface area contributed by atoms with E-state index in [-0.39, 0.29) is 49.6 Å². The molecule has 0 spiro atoms. The Morgan fingerprint density at radius 2 is 1.94 bits per heavy atom. The van der Waals surface area contributed by atoms with Gasteiger partial charge in [-0.1, -0.05) is 38.8 Å². The van der Waals surface area contributed by atoms with E-state index in [1.807, 2.05) is 19.9 Å². The molecule has 4 fully saturated rings. The van der Waals surface area contributed by atoms with Crippen molar-refractivity contribution in [3.63, 3.8) is 0 Å². The molecule has 266 valence electrons. The molecule has 0 amide bonds. The number of rotatable bonds is 14. The number of nitrogens with zero attached hydrogens (tertiary/aromatic N) is 1. The van der Waals surface area contributed by atoms with Crippen LogP contribution in [0.1, 0.15) is 72.1 Å². The average Bonchev–Trinajstić information content (AvgIpc) is 3.52. The Hall–Kier alpha value is -3.40. The van der Waals surface area contributed by atoms with Gasteiger partial charge in [-0.3, -0.25) is 14.4 Å². The number of hydrogen-bond donors (Lipinski definition) is 2. The Kier molecular flexibility index (Phi) is 10.6. The Balaban J connectivity index is 1.22. The summed E-state index contributed by atoms with van der Waals surface area (Å²) in [5.74, 6) is -1.54. The number of ether oxygens (including phenoxy) is 5. The van der Waals surface area contributed by atoms with E-state index in [2.05, 4.69) is 11.8 Å². The number of Topliss-reactive ketones (excluding diaryl/α,β-unsaturated/α-hetero) is 1. The zero-order chi connectivity index (χ0) is 34.9. The molecule has 10 atom stereocenters. The summed E-state index contributed by atoms with van der Waals surface area (Å²) in [6, 6.07) is -1.32. The standard InChI is InChI=1S/C33H46N2O13/c1-4-7-27-47-26-15-22-21-9-8-19-14-20(36)10-11-31(19,2)28(21)24(37)16-32(22,3)33(26,48-27)25(38)18-45-30(40)44-17-23(34)29(39)43-12-5-6-13-46-35(41)42/h10-11,14,21-24,26-28,37H,4-9,12-13,15-18,34H2,1-3H3/t21-,22-,23?,24-,26+,27?,28+,31-,32-,33+/m0/s1. The lowest BCUT2D eigenvalue weighted by Crippen LogP contribution is -2.63. The van der Waals surface area contributed by atoms with Crippen molar-refractivity contribution in [3.8, 4) is 0 Å². The van der Waals surface area contributed by atoms with Crippen molar-refractivity contribution in [2.45, 2.75) is 102 Å². The van der Waals surface area contributed by atoms with E-state index in [1.54, 1.807) is 12.2 Å². The molecule has 1 heterocycles. The number of aliphatic hydroxyl groups excluding tert-OH is 1. The van der Waals surface area contributed by atoms with E-state index in [0.29, 0.717) is 25.7 Å². The van der Waals surface area contributed by atoms with Gasteiger partial charge < -0.3 is 39.4 Å². The molecule has 2 unspecified atom stereocenters. The third-order valence-electron chi connectivity index (χ3n) is 11.2. The number of carbonyl (C=O) groups excluding carboxylic acids is 4. The zero-order valence-corrected chi connectivity index (χ0v) is 27.6. The van der Waals surface area contributed by atoms with Gasteiger partial charge in [0.25, 0.3) is 5.09 Å². The molecular formula is C33H46N2O13. The minimum absolute atomic E-state index is 0.0346. The highest BCUT2D eigenvalue weighted by atomic mass is 16.9. The van der Waals surface area contributed by atoms with Crippen LogP contribution in [0.2, 0.25) is 0 Å². The molecule has 1 saturated heterocycles. The Labute approximate surface area is 278 Å². The molecule has 1 aliphatic heterocycles. The van der Waals surface area contributed by atoms with Crippen molar-refractivity contribution in [1.29, 1.82) is 0 Å². The van der Waals surface area contributed by atoms with Crippen LogP contribution in [-0.4, -0.2) is 90.5 Å². The minimum Gasteiger partial charge on any atom is -0.464 e. The third kappa shape index (κ3) is 6.49. The highest BCUT2D eigenvalue weighted by Gasteiger charge is 2.75. The zero-order valence-electron chi connectivity index (χ0n) is 27.6. The summed E-state index contributed by atoms with van der Waals surface area (Å²) in [5, 5.41) is 21.1. The molecule has 0 aromatic heterocycles. The van der Waals surface area contributed by atoms with Crippen molar-refractivity contribution in [2.24, 2.45) is 34.3 Å². The first-order chi connectivity index (χ1) is 22.8. The van der Waals surface area contributed by atoms with Crippen LogP contribution >= 0.6 is 0 Å². The summed E-state index contributed by atoms with van der Waals surface area (Å²) < 4.78 is 28.1. The van der Waals surface area contributed by atoms with E-state index in [1.165, 1.54) is 0 Å². The lowest BCUT2D eigenvalue weighted by Gasteiger charge is -2.59. The average molecular weight is 679 g/mol. The van der Waals surface area contributed by atoms with Gasteiger partial charge in [0, 0.05) is 16.7 Å². The smallest absolute Gasteiger partial charge is 0.464 e. The number of ketones is 2. The molecule has 3 saturated carbocycles. The molecule has 3 N–H and O–H groups in total. The molecule has 4 aliphatic carbocycles. The van der Waals surface area contributed by atoms with Gasteiger partial charge in [0.1, 0.15) is 12.6 Å². The van der Waals surface area contributed by atoms with Crippen LogP contribution in [0, 0.1) is 38.7 Å². The number of esters is 1. The number of carbonyl (C=O) groups is 4. The summed E-state index contributed by atoms with van der Waals surface area (Å²) in [4.78, 5) is 65.3. The maximum absolute atomic E-state index is 14.2. The van der Waals surface area contributed by atoms with Crippen LogP contribution in [0.15, 0.2) is 23.8 Å². The van der Waals surface area contributed by atoms with Crippen LogP contribution in [0.4, 0.5) is 4.79 Å².